The van der Waals surface area contributed by atoms with Crippen LogP contribution in [0.5, 0.6) is 0 Å². The Morgan fingerprint density at radius 2 is 1.88 bits per heavy atom. The maximum Gasteiger partial charge on any atom is 0.144 e. The Morgan fingerprint density at radius 3 is 2.29 bits per heavy atom. The van der Waals surface area contributed by atoms with Crippen LogP contribution in [0.3, 0.4) is 0 Å². The van der Waals surface area contributed by atoms with E-state index in [0.29, 0.717) is 5.78 Å². The number of carbonyl (C=O) groups excluding carboxylic acids is 1. The molecule has 3 atom stereocenters. The number of rotatable bonds is 2. The molecule has 2 aliphatic heterocycles. The van der Waals surface area contributed by atoms with Crippen LogP contribution in [0.4, 0.5) is 0 Å². The highest BCUT2D eigenvalue weighted by Crippen LogP contribution is 2.44. The maximum atomic E-state index is 12.6. The lowest BCUT2D eigenvalue weighted by Crippen LogP contribution is -2.38. The van der Waals surface area contributed by atoms with Gasteiger partial charge in [-0.25, -0.2) is 0 Å². The molecule has 2 aliphatic rings. The summed E-state index contributed by atoms with van der Waals surface area (Å²) in [6.45, 7) is 10.9. The second kappa shape index (κ2) is 4.06. The van der Waals surface area contributed by atoms with Gasteiger partial charge in [0, 0.05) is 18.4 Å². The van der Waals surface area contributed by atoms with Crippen molar-refractivity contribution in [2.24, 2.45) is 11.8 Å². The van der Waals surface area contributed by atoms with E-state index < -0.39 is 0 Å². The molecule has 0 radical (unpaired) electrons. The third-order valence-electron chi connectivity index (χ3n) is 4.16. The standard InChI is InChI=1S/C14H24O3/c1-9-10(6-7-16-9)12(15)11-8-13(2,3)17-14(11,4)5/h9-11H,6-8H2,1-5H3. The molecule has 0 amide bonds. The van der Waals surface area contributed by atoms with Crippen LogP contribution < -0.4 is 0 Å². The van der Waals surface area contributed by atoms with Gasteiger partial charge >= 0.3 is 0 Å². The summed E-state index contributed by atoms with van der Waals surface area (Å²) in [5.41, 5.74) is -0.532. The Morgan fingerprint density at radius 1 is 1.24 bits per heavy atom. The second-order valence-electron chi connectivity index (χ2n) is 6.60. The summed E-state index contributed by atoms with van der Waals surface area (Å²) in [6, 6.07) is 0. The molecule has 2 rings (SSSR count). The van der Waals surface area contributed by atoms with Crippen LogP contribution in [0.15, 0.2) is 0 Å². The molecule has 3 heteroatoms. The molecule has 3 nitrogen and oxygen atoms in total. The topological polar surface area (TPSA) is 35.5 Å². The second-order valence-corrected chi connectivity index (χ2v) is 6.60. The Kier molecular flexibility index (Phi) is 3.11. The average Bonchev–Trinajstić information content (AvgIpc) is 2.66. The molecule has 2 saturated heterocycles. The van der Waals surface area contributed by atoms with Crippen molar-refractivity contribution in [2.75, 3.05) is 6.61 Å². The summed E-state index contributed by atoms with van der Waals surface area (Å²) < 4.78 is 11.5. The average molecular weight is 240 g/mol. The molecule has 0 bridgehead atoms. The van der Waals surface area contributed by atoms with Gasteiger partial charge in [-0.1, -0.05) is 0 Å². The Labute approximate surface area is 104 Å². The van der Waals surface area contributed by atoms with E-state index in [1.807, 2.05) is 20.8 Å². The highest BCUT2D eigenvalue weighted by atomic mass is 16.5. The summed E-state index contributed by atoms with van der Waals surface area (Å²) in [7, 11) is 0. The summed E-state index contributed by atoms with van der Waals surface area (Å²) in [5, 5.41) is 0. The third-order valence-corrected chi connectivity index (χ3v) is 4.16. The van der Waals surface area contributed by atoms with Crippen LogP contribution in [0.25, 0.3) is 0 Å². The molecule has 0 aliphatic carbocycles. The van der Waals surface area contributed by atoms with Crippen molar-refractivity contribution in [2.45, 2.75) is 64.8 Å². The number of Topliss-reactive ketones (excluding diaryl/α,β-unsaturated/α-hetero) is 1. The maximum absolute atomic E-state index is 12.6. The van der Waals surface area contributed by atoms with Crippen molar-refractivity contribution in [1.29, 1.82) is 0 Å². The smallest absolute Gasteiger partial charge is 0.144 e. The lowest BCUT2D eigenvalue weighted by Gasteiger charge is -2.28. The van der Waals surface area contributed by atoms with Gasteiger partial charge in [0.2, 0.25) is 0 Å². The number of hydrogen-bond donors (Lipinski definition) is 0. The molecule has 0 aromatic rings. The normalized spacial score (nSPS) is 39.5. The van der Waals surface area contributed by atoms with E-state index in [1.165, 1.54) is 0 Å². The van der Waals surface area contributed by atoms with Gasteiger partial charge in [-0.2, -0.15) is 0 Å². The number of hydrogen-bond acceptors (Lipinski definition) is 3. The van der Waals surface area contributed by atoms with Crippen molar-refractivity contribution in [3.05, 3.63) is 0 Å². The molecule has 17 heavy (non-hydrogen) atoms. The summed E-state index contributed by atoms with van der Waals surface area (Å²) in [5.74, 6) is 0.411. The molecule has 0 saturated carbocycles. The Bertz CT molecular complexity index is 319. The van der Waals surface area contributed by atoms with Gasteiger partial charge in [0.1, 0.15) is 5.78 Å². The zero-order chi connectivity index (χ0) is 12.8. The molecular weight excluding hydrogens is 216 g/mol. The Balaban J connectivity index is 2.14. The van der Waals surface area contributed by atoms with Crippen molar-refractivity contribution in [3.63, 3.8) is 0 Å². The Hall–Kier alpha value is -0.410. The lowest BCUT2D eigenvalue weighted by molar-refractivity contribution is -0.134. The first-order chi connectivity index (χ1) is 7.73. The number of carbonyl (C=O) groups is 1. The van der Waals surface area contributed by atoms with E-state index in [1.54, 1.807) is 0 Å². The van der Waals surface area contributed by atoms with Gasteiger partial charge in [-0.3, -0.25) is 4.79 Å². The third kappa shape index (κ3) is 2.41. The summed E-state index contributed by atoms with van der Waals surface area (Å²) >= 11 is 0. The first-order valence-electron chi connectivity index (χ1n) is 6.58. The molecule has 2 fully saturated rings. The highest BCUT2D eigenvalue weighted by molar-refractivity contribution is 5.85. The van der Waals surface area contributed by atoms with Crippen LogP contribution >= 0.6 is 0 Å². The van der Waals surface area contributed by atoms with Gasteiger partial charge in [0.15, 0.2) is 0 Å². The van der Waals surface area contributed by atoms with Crippen molar-refractivity contribution >= 4 is 5.78 Å². The first kappa shape index (κ1) is 13.0. The fraction of sp³-hybridized carbons (Fsp3) is 0.929. The SMILES string of the molecule is CC1OCCC1C(=O)C1CC(C)(C)OC1(C)C. The van der Waals surface area contributed by atoms with Gasteiger partial charge < -0.3 is 9.47 Å². The molecule has 0 aromatic carbocycles. The van der Waals surface area contributed by atoms with Crippen molar-refractivity contribution in [3.8, 4) is 0 Å². The number of ketones is 1. The summed E-state index contributed by atoms with van der Waals surface area (Å²) in [6.07, 6.45) is 1.76. The molecular formula is C14H24O3. The zero-order valence-corrected chi connectivity index (χ0v) is 11.6. The van der Waals surface area contributed by atoms with Crippen molar-refractivity contribution in [1.82, 2.24) is 0 Å². The van der Waals surface area contributed by atoms with Crippen LogP contribution in [-0.4, -0.2) is 29.7 Å². The molecule has 0 aromatic heterocycles. The van der Waals surface area contributed by atoms with Crippen molar-refractivity contribution < 1.29 is 14.3 Å². The van der Waals surface area contributed by atoms with E-state index in [0.717, 1.165) is 19.4 Å². The quantitative estimate of drug-likeness (QED) is 0.744. The van der Waals surface area contributed by atoms with E-state index in [-0.39, 0.29) is 29.1 Å². The lowest BCUT2D eigenvalue weighted by atomic mass is 9.78. The van der Waals surface area contributed by atoms with Crippen LogP contribution in [0.2, 0.25) is 0 Å². The van der Waals surface area contributed by atoms with Crippen LogP contribution in [0.1, 0.15) is 47.5 Å². The van der Waals surface area contributed by atoms with E-state index >= 15 is 0 Å². The largest absolute Gasteiger partial charge is 0.378 e. The van der Waals surface area contributed by atoms with Gasteiger partial charge in [0.25, 0.3) is 0 Å². The fourth-order valence-electron chi connectivity index (χ4n) is 3.37. The van der Waals surface area contributed by atoms with E-state index in [9.17, 15) is 4.79 Å². The minimum Gasteiger partial charge on any atom is -0.378 e. The molecule has 98 valence electrons. The first-order valence-corrected chi connectivity index (χ1v) is 6.58. The van der Waals surface area contributed by atoms with Gasteiger partial charge in [-0.05, 0) is 47.5 Å². The molecule has 0 spiro atoms. The predicted octanol–water partition coefficient (Wildman–Crippen LogP) is 2.57. The molecule has 3 unspecified atom stereocenters. The fourth-order valence-corrected chi connectivity index (χ4v) is 3.37. The number of ether oxygens (including phenoxy) is 2. The van der Waals surface area contributed by atoms with Crippen LogP contribution in [0, 0.1) is 11.8 Å². The van der Waals surface area contributed by atoms with Crippen LogP contribution in [-0.2, 0) is 14.3 Å². The predicted molar refractivity (Wildman–Crippen MR) is 65.9 cm³/mol. The monoisotopic (exact) mass is 240 g/mol. The van der Waals surface area contributed by atoms with E-state index in [2.05, 4.69) is 13.8 Å². The van der Waals surface area contributed by atoms with Gasteiger partial charge in [-0.15, -0.1) is 0 Å². The minimum atomic E-state index is -0.344. The molecule has 0 N–H and O–H groups in total. The molecule has 2 heterocycles. The van der Waals surface area contributed by atoms with E-state index in [4.69, 9.17) is 9.47 Å². The summed E-state index contributed by atoms with van der Waals surface area (Å²) in [4.78, 5) is 12.6. The zero-order valence-electron chi connectivity index (χ0n) is 11.6. The highest BCUT2D eigenvalue weighted by Gasteiger charge is 2.51. The minimum absolute atomic E-state index is 0.00616. The van der Waals surface area contributed by atoms with Gasteiger partial charge in [0.05, 0.1) is 17.3 Å².